The Morgan fingerprint density at radius 3 is 2.70 bits per heavy atom. The van der Waals surface area contributed by atoms with Crippen molar-refractivity contribution >= 4 is 21.8 Å². The van der Waals surface area contributed by atoms with Crippen LogP contribution < -0.4 is 10.1 Å². The van der Waals surface area contributed by atoms with E-state index in [1.165, 1.54) is 24.0 Å². The van der Waals surface area contributed by atoms with Crippen LogP contribution in [0.15, 0.2) is 46.9 Å². The van der Waals surface area contributed by atoms with E-state index >= 15 is 0 Å². The molecule has 1 N–H and O–H groups in total. The zero-order valence-corrected chi connectivity index (χ0v) is 14.6. The molecule has 2 aromatic carbocycles. The molecule has 0 aromatic heterocycles. The second-order valence-corrected chi connectivity index (χ2v) is 6.70. The maximum atomic E-state index is 11.9. The van der Waals surface area contributed by atoms with Gasteiger partial charge in [0, 0.05) is 4.47 Å². The van der Waals surface area contributed by atoms with Crippen molar-refractivity contribution in [3.8, 4) is 5.75 Å². The van der Waals surface area contributed by atoms with Gasteiger partial charge in [-0.25, -0.2) is 0 Å². The van der Waals surface area contributed by atoms with Gasteiger partial charge in [-0.3, -0.25) is 4.79 Å². The summed E-state index contributed by atoms with van der Waals surface area (Å²) in [4.78, 5) is 11.9. The molecule has 0 radical (unpaired) electrons. The summed E-state index contributed by atoms with van der Waals surface area (Å²) in [5.41, 5.74) is 3.85. The number of carbonyl (C=O) groups excluding carboxylic acids is 1. The standard InChI is InChI=1S/C19H20BrNO2/c20-17-7-4-14(5-8-17)12-19(22)21-10-11-23-18-9-6-15-2-1-3-16(15)13-18/h4-9,13H,1-3,10-12H2,(H,21,22). The molecular weight excluding hydrogens is 354 g/mol. The monoisotopic (exact) mass is 373 g/mol. The fourth-order valence-corrected chi connectivity index (χ4v) is 3.11. The van der Waals surface area contributed by atoms with E-state index < -0.39 is 0 Å². The fourth-order valence-electron chi connectivity index (χ4n) is 2.85. The van der Waals surface area contributed by atoms with Crippen molar-refractivity contribution in [3.63, 3.8) is 0 Å². The van der Waals surface area contributed by atoms with Crippen LogP contribution in [0.5, 0.6) is 5.75 Å². The SMILES string of the molecule is O=C(Cc1ccc(Br)cc1)NCCOc1ccc2c(c1)CCC2. The molecule has 0 unspecified atom stereocenters. The van der Waals surface area contributed by atoms with Crippen molar-refractivity contribution in [3.05, 3.63) is 63.6 Å². The summed E-state index contributed by atoms with van der Waals surface area (Å²) in [6.07, 6.45) is 3.97. The van der Waals surface area contributed by atoms with E-state index in [0.29, 0.717) is 19.6 Å². The molecule has 1 amide bonds. The number of benzene rings is 2. The van der Waals surface area contributed by atoms with Crippen molar-refractivity contribution in [1.82, 2.24) is 5.32 Å². The van der Waals surface area contributed by atoms with E-state index in [4.69, 9.17) is 4.74 Å². The van der Waals surface area contributed by atoms with Gasteiger partial charge in [0.1, 0.15) is 12.4 Å². The molecule has 0 atom stereocenters. The van der Waals surface area contributed by atoms with E-state index in [-0.39, 0.29) is 5.91 Å². The van der Waals surface area contributed by atoms with E-state index in [1.807, 2.05) is 30.3 Å². The van der Waals surface area contributed by atoms with Gasteiger partial charge in [-0.1, -0.05) is 34.1 Å². The van der Waals surface area contributed by atoms with Crippen molar-refractivity contribution in [2.45, 2.75) is 25.7 Å². The minimum Gasteiger partial charge on any atom is -0.492 e. The minimum atomic E-state index is 0.0184. The predicted octanol–water partition coefficient (Wildman–Crippen LogP) is 3.68. The third-order valence-corrected chi connectivity index (χ3v) is 4.57. The molecule has 0 aliphatic heterocycles. The maximum absolute atomic E-state index is 11.9. The molecular formula is C19H20BrNO2. The number of hydrogen-bond acceptors (Lipinski definition) is 2. The van der Waals surface area contributed by atoms with Gasteiger partial charge in [0.25, 0.3) is 0 Å². The number of hydrogen-bond donors (Lipinski definition) is 1. The van der Waals surface area contributed by atoms with Crippen LogP contribution in [-0.4, -0.2) is 19.1 Å². The first-order valence-electron chi connectivity index (χ1n) is 7.96. The van der Waals surface area contributed by atoms with Crippen LogP contribution in [0.2, 0.25) is 0 Å². The summed E-state index contributed by atoms with van der Waals surface area (Å²) >= 11 is 3.39. The molecule has 0 saturated heterocycles. The Balaban J connectivity index is 1.39. The van der Waals surface area contributed by atoms with Crippen LogP contribution in [0.4, 0.5) is 0 Å². The fraction of sp³-hybridized carbons (Fsp3) is 0.316. The normalized spacial score (nSPS) is 12.7. The van der Waals surface area contributed by atoms with E-state index in [2.05, 4.69) is 33.4 Å². The average molecular weight is 374 g/mol. The molecule has 3 nitrogen and oxygen atoms in total. The van der Waals surface area contributed by atoms with Gasteiger partial charge in [-0.05, 0) is 60.2 Å². The number of nitrogens with one attached hydrogen (secondary N) is 1. The summed E-state index contributed by atoms with van der Waals surface area (Å²) in [7, 11) is 0. The lowest BCUT2D eigenvalue weighted by Crippen LogP contribution is -2.29. The second kappa shape index (κ2) is 7.64. The Bertz CT molecular complexity index is 682. The Labute approximate surface area is 145 Å². The zero-order valence-electron chi connectivity index (χ0n) is 13.0. The lowest BCUT2D eigenvalue weighted by Gasteiger charge is -2.09. The molecule has 120 valence electrons. The van der Waals surface area contributed by atoms with Crippen molar-refractivity contribution < 1.29 is 9.53 Å². The zero-order chi connectivity index (χ0) is 16.1. The first-order valence-corrected chi connectivity index (χ1v) is 8.76. The summed E-state index contributed by atoms with van der Waals surface area (Å²) in [5.74, 6) is 0.915. The highest BCUT2D eigenvalue weighted by Crippen LogP contribution is 2.25. The first-order chi connectivity index (χ1) is 11.2. The number of fused-ring (bicyclic) bond motifs is 1. The smallest absolute Gasteiger partial charge is 0.224 e. The Hall–Kier alpha value is -1.81. The molecule has 0 fully saturated rings. The third kappa shape index (κ3) is 4.58. The molecule has 3 rings (SSSR count). The number of carbonyl (C=O) groups is 1. The largest absolute Gasteiger partial charge is 0.492 e. The Morgan fingerprint density at radius 2 is 1.87 bits per heavy atom. The number of ether oxygens (including phenoxy) is 1. The highest BCUT2D eigenvalue weighted by molar-refractivity contribution is 9.10. The quantitative estimate of drug-likeness (QED) is 0.784. The van der Waals surface area contributed by atoms with Crippen molar-refractivity contribution in [1.29, 1.82) is 0 Å². The van der Waals surface area contributed by atoms with Crippen molar-refractivity contribution in [2.24, 2.45) is 0 Å². The first kappa shape index (κ1) is 16.1. The molecule has 4 heteroatoms. The van der Waals surface area contributed by atoms with E-state index in [0.717, 1.165) is 22.2 Å². The van der Waals surface area contributed by atoms with Gasteiger partial charge >= 0.3 is 0 Å². The second-order valence-electron chi connectivity index (χ2n) is 5.79. The molecule has 1 aliphatic rings. The van der Waals surface area contributed by atoms with E-state index in [9.17, 15) is 4.79 Å². The summed E-state index contributed by atoms with van der Waals surface area (Å²) in [6.45, 7) is 1.01. The molecule has 2 aromatic rings. The van der Waals surface area contributed by atoms with Gasteiger partial charge in [0.15, 0.2) is 0 Å². The number of rotatable bonds is 6. The van der Waals surface area contributed by atoms with Crippen LogP contribution in [-0.2, 0) is 24.1 Å². The summed E-state index contributed by atoms with van der Waals surface area (Å²) < 4.78 is 6.74. The minimum absolute atomic E-state index is 0.0184. The molecule has 0 spiro atoms. The topological polar surface area (TPSA) is 38.3 Å². The molecule has 0 heterocycles. The number of halogens is 1. The van der Waals surface area contributed by atoms with E-state index in [1.54, 1.807) is 0 Å². The third-order valence-electron chi connectivity index (χ3n) is 4.04. The van der Waals surface area contributed by atoms with Crippen LogP contribution in [0.1, 0.15) is 23.1 Å². The van der Waals surface area contributed by atoms with Gasteiger partial charge in [0.05, 0.1) is 13.0 Å². The Kier molecular flexibility index (Phi) is 5.34. The predicted molar refractivity (Wildman–Crippen MR) is 94.8 cm³/mol. The highest BCUT2D eigenvalue weighted by Gasteiger charge is 2.11. The van der Waals surface area contributed by atoms with Crippen LogP contribution in [0.3, 0.4) is 0 Å². The van der Waals surface area contributed by atoms with Gasteiger partial charge in [-0.15, -0.1) is 0 Å². The lowest BCUT2D eigenvalue weighted by molar-refractivity contribution is -0.120. The molecule has 1 aliphatic carbocycles. The number of amides is 1. The van der Waals surface area contributed by atoms with Gasteiger partial charge in [0.2, 0.25) is 5.91 Å². The lowest BCUT2D eigenvalue weighted by atomic mass is 10.1. The van der Waals surface area contributed by atoms with Crippen LogP contribution >= 0.6 is 15.9 Å². The maximum Gasteiger partial charge on any atom is 0.224 e. The van der Waals surface area contributed by atoms with Gasteiger partial charge in [-0.2, -0.15) is 0 Å². The molecule has 0 bridgehead atoms. The van der Waals surface area contributed by atoms with Crippen LogP contribution in [0.25, 0.3) is 0 Å². The molecule has 23 heavy (non-hydrogen) atoms. The summed E-state index contributed by atoms with van der Waals surface area (Å²) in [5, 5.41) is 2.89. The van der Waals surface area contributed by atoms with Gasteiger partial charge < -0.3 is 10.1 Å². The summed E-state index contributed by atoms with van der Waals surface area (Å²) in [6, 6.07) is 14.1. The highest BCUT2D eigenvalue weighted by atomic mass is 79.9. The Morgan fingerprint density at radius 1 is 1.09 bits per heavy atom. The van der Waals surface area contributed by atoms with Crippen molar-refractivity contribution in [2.75, 3.05) is 13.2 Å². The average Bonchev–Trinajstić information content (AvgIpc) is 3.01. The molecule has 0 saturated carbocycles. The van der Waals surface area contributed by atoms with Crippen LogP contribution in [0, 0.1) is 0 Å². The number of aryl methyl sites for hydroxylation is 2.